The molecule has 0 fully saturated rings. The molecule has 0 amide bonds. The van der Waals surface area contributed by atoms with E-state index in [1.165, 1.54) is 17.7 Å². The lowest BCUT2D eigenvalue weighted by atomic mass is 10.5. The van der Waals surface area contributed by atoms with Crippen molar-refractivity contribution >= 4 is 33.3 Å². The molecule has 3 heterocycles. The van der Waals surface area contributed by atoms with Crippen LogP contribution in [0.5, 0.6) is 0 Å². The summed E-state index contributed by atoms with van der Waals surface area (Å²) in [6.45, 7) is 0. The van der Waals surface area contributed by atoms with Crippen LogP contribution in [0.4, 0.5) is 0 Å². The van der Waals surface area contributed by atoms with E-state index in [1.807, 2.05) is 12.1 Å². The van der Waals surface area contributed by atoms with Gasteiger partial charge in [0, 0.05) is 0 Å². The molecule has 0 aromatic carbocycles. The molecule has 0 aliphatic rings. The zero-order valence-corrected chi connectivity index (χ0v) is 8.92. The number of nitrogens with zero attached hydrogens (tertiary/aromatic N) is 3. The maximum absolute atomic E-state index is 5.89. The first-order valence-corrected chi connectivity index (χ1v) is 5.35. The Kier molecular flexibility index (Phi) is 1.93. The Morgan fingerprint density at radius 2 is 2.27 bits per heavy atom. The standard InChI is InChI=1S/C9H4ClN3OS/c10-7-6-9(12-4-11-7)15-8(13-6)5-2-1-3-14-5/h1-4H. The Hall–Kier alpha value is -1.46. The molecule has 3 rings (SSSR count). The molecule has 0 saturated heterocycles. The molecule has 0 aliphatic carbocycles. The van der Waals surface area contributed by atoms with Crippen LogP contribution in [0.2, 0.25) is 5.15 Å². The van der Waals surface area contributed by atoms with Crippen molar-refractivity contribution < 1.29 is 4.42 Å². The number of hydrogen-bond acceptors (Lipinski definition) is 5. The molecule has 0 atom stereocenters. The highest BCUT2D eigenvalue weighted by molar-refractivity contribution is 7.21. The van der Waals surface area contributed by atoms with Gasteiger partial charge in [-0.05, 0) is 12.1 Å². The minimum atomic E-state index is 0.369. The van der Waals surface area contributed by atoms with Crippen molar-refractivity contribution in [3.8, 4) is 10.8 Å². The summed E-state index contributed by atoms with van der Waals surface area (Å²) >= 11 is 7.32. The topological polar surface area (TPSA) is 51.8 Å². The van der Waals surface area contributed by atoms with Gasteiger partial charge in [-0.15, -0.1) is 0 Å². The predicted octanol–water partition coefficient (Wildman–Crippen LogP) is 3.00. The highest BCUT2D eigenvalue weighted by atomic mass is 35.5. The molecule has 0 radical (unpaired) electrons. The maximum Gasteiger partial charge on any atom is 0.162 e. The second-order valence-corrected chi connectivity index (χ2v) is 4.15. The maximum atomic E-state index is 5.89. The molecule has 0 bridgehead atoms. The number of aromatic nitrogens is 3. The molecular weight excluding hydrogens is 234 g/mol. The van der Waals surface area contributed by atoms with Crippen LogP contribution in [0.3, 0.4) is 0 Å². The van der Waals surface area contributed by atoms with Gasteiger partial charge in [0.1, 0.15) is 16.7 Å². The minimum absolute atomic E-state index is 0.369. The highest BCUT2D eigenvalue weighted by Crippen LogP contribution is 2.31. The van der Waals surface area contributed by atoms with E-state index in [2.05, 4.69) is 15.0 Å². The van der Waals surface area contributed by atoms with E-state index < -0.39 is 0 Å². The van der Waals surface area contributed by atoms with Crippen molar-refractivity contribution in [3.05, 3.63) is 29.9 Å². The number of hydrogen-bond donors (Lipinski definition) is 0. The van der Waals surface area contributed by atoms with Gasteiger partial charge in [0.2, 0.25) is 0 Å². The van der Waals surface area contributed by atoms with Crippen molar-refractivity contribution in [2.45, 2.75) is 0 Å². The van der Waals surface area contributed by atoms with Crippen LogP contribution < -0.4 is 0 Å². The molecule has 0 spiro atoms. The van der Waals surface area contributed by atoms with Crippen molar-refractivity contribution in [1.82, 2.24) is 15.0 Å². The van der Waals surface area contributed by atoms with Crippen LogP contribution in [0, 0.1) is 0 Å². The fourth-order valence-corrected chi connectivity index (χ4v) is 2.34. The molecule has 3 aromatic rings. The van der Waals surface area contributed by atoms with Gasteiger partial charge in [-0.2, -0.15) is 0 Å². The van der Waals surface area contributed by atoms with Gasteiger partial charge in [-0.25, -0.2) is 15.0 Å². The third kappa shape index (κ3) is 1.40. The number of fused-ring (bicyclic) bond motifs is 1. The molecule has 0 N–H and O–H groups in total. The van der Waals surface area contributed by atoms with Gasteiger partial charge in [0.05, 0.1) is 6.26 Å². The average molecular weight is 238 g/mol. The lowest BCUT2D eigenvalue weighted by molar-refractivity contribution is 0.582. The summed E-state index contributed by atoms with van der Waals surface area (Å²) < 4.78 is 5.25. The van der Waals surface area contributed by atoms with Crippen LogP contribution in [-0.4, -0.2) is 15.0 Å². The third-order valence-electron chi connectivity index (χ3n) is 1.88. The second kappa shape index (κ2) is 3.29. The summed E-state index contributed by atoms with van der Waals surface area (Å²) in [5.41, 5.74) is 0.621. The minimum Gasteiger partial charge on any atom is -0.462 e. The summed E-state index contributed by atoms with van der Waals surface area (Å²) in [7, 11) is 0. The number of halogens is 1. The first-order chi connectivity index (χ1) is 7.34. The van der Waals surface area contributed by atoms with Gasteiger partial charge in [0.25, 0.3) is 0 Å². The van der Waals surface area contributed by atoms with Crippen molar-refractivity contribution in [2.75, 3.05) is 0 Å². The van der Waals surface area contributed by atoms with E-state index >= 15 is 0 Å². The van der Waals surface area contributed by atoms with E-state index in [-0.39, 0.29) is 0 Å². The van der Waals surface area contributed by atoms with Crippen molar-refractivity contribution in [3.63, 3.8) is 0 Å². The third-order valence-corrected chi connectivity index (χ3v) is 3.14. The Morgan fingerprint density at radius 3 is 3.00 bits per heavy atom. The lowest BCUT2D eigenvalue weighted by Crippen LogP contribution is -1.79. The van der Waals surface area contributed by atoms with E-state index in [9.17, 15) is 0 Å². The van der Waals surface area contributed by atoms with Crippen LogP contribution in [0.25, 0.3) is 21.1 Å². The smallest absolute Gasteiger partial charge is 0.162 e. The zero-order valence-electron chi connectivity index (χ0n) is 7.35. The molecule has 4 nitrogen and oxygen atoms in total. The number of rotatable bonds is 1. The van der Waals surface area contributed by atoms with Crippen molar-refractivity contribution in [2.24, 2.45) is 0 Å². The fourth-order valence-electron chi connectivity index (χ4n) is 1.23. The van der Waals surface area contributed by atoms with Gasteiger partial charge in [-0.1, -0.05) is 22.9 Å². The second-order valence-electron chi connectivity index (χ2n) is 2.81. The Balaban J connectivity index is 2.27. The van der Waals surface area contributed by atoms with Gasteiger partial charge in [-0.3, -0.25) is 0 Å². The monoisotopic (exact) mass is 237 g/mol. The van der Waals surface area contributed by atoms with Gasteiger partial charge >= 0.3 is 0 Å². The van der Waals surface area contributed by atoms with Crippen LogP contribution >= 0.6 is 22.9 Å². The molecule has 0 aliphatic heterocycles. The molecule has 74 valence electrons. The normalized spacial score (nSPS) is 11.0. The largest absolute Gasteiger partial charge is 0.462 e. The van der Waals surface area contributed by atoms with Crippen LogP contribution in [-0.2, 0) is 0 Å². The summed E-state index contributed by atoms with van der Waals surface area (Å²) in [6.07, 6.45) is 3.03. The Labute approximate surface area is 93.6 Å². The fraction of sp³-hybridized carbons (Fsp3) is 0. The van der Waals surface area contributed by atoms with E-state index in [0.29, 0.717) is 16.4 Å². The average Bonchev–Trinajstić information content (AvgIpc) is 2.86. The first kappa shape index (κ1) is 8.82. The molecule has 15 heavy (non-hydrogen) atoms. The zero-order chi connectivity index (χ0) is 10.3. The van der Waals surface area contributed by atoms with E-state index in [0.717, 1.165) is 9.84 Å². The highest BCUT2D eigenvalue weighted by Gasteiger charge is 2.11. The lowest BCUT2D eigenvalue weighted by Gasteiger charge is -1.86. The Morgan fingerprint density at radius 1 is 1.33 bits per heavy atom. The van der Waals surface area contributed by atoms with Crippen LogP contribution in [0.1, 0.15) is 0 Å². The molecule has 6 heteroatoms. The van der Waals surface area contributed by atoms with E-state index in [4.69, 9.17) is 16.0 Å². The molecule has 0 saturated carbocycles. The molecule has 3 aromatic heterocycles. The SMILES string of the molecule is Clc1ncnc2sc(-c3ccco3)nc12. The quantitative estimate of drug-likeness (QED) is 0.611. The molecule has 0 unspecified atom stereocenters. The van der Waals surface area contributed by atoms with Crippen molar-refractivity contribution in [1.29, 1.82) is 0 Å². The Bertz CT molecular complexity index is 605. The van der Waals surface area contributed by atoms with E-state index in [1.54, 1.807) is 6.26 Å². The van der Waals surface area contributed by atoms with Gasteiger partial charge < -0.3 is 4.42 Å². The number of thiazole rings is 1. The predicted molar refractivity (Wildman–Crippen MR) is 57.9 cm³/mol. The summed E-state index contributed by atoms with van der Waals surface area (Å²) in [5, 5.41) is 1.13. The summed E-state index contributed by atoms with van der Waals surface area (Å²) in [5.74, 6) is 0.717. The summed E-state index contributed by atoms with van der Waals surface area (Å²) in [4.78, 5) is 13.0. The number of furan rings is 1. The first-order valence-electron chi connectivity index (χ1n) is 4.15. The van der Waals surface area contributed by atoms with Gasteiger partial charge in [0.15, 0.2) is 15.9 Å². The molecular formula is C9H4ClN3OS. The summed E-state index contributed by atoms with van der Waals surface area (Å²) in [6, 6.07) is 3.66. The van der Waals surface area contributed by atoms with Crippen LogP contribution in [0.15, 0.2) is 29.1 Å².